The van der Waals surface area contributed by atoms with Gasteiger partial charge >= 0.3 is 0 Å². The summed E-state index contributed by atoms with van der Waals surface area (Å²) in [6, 6.07) is 0. The number of ether oxygens (including phenoxy) is 1. The summed E-state index contributed by atoms with van der Waals surface area (Å²) in [4.78, 5) is 10.4. The molecule has 0 fully saturated rings. The molecular formula is C8H15O3-. The Balaban J connectivity index is 3.91. The summed E-state index contributed by atoms with van der Waals surface area (Å²) in [7, 11) is 0. The van der Waals surface area contributed by atoms with Crippen LogP contribution >= 0.6 is 0 Å². The lowest BCUT2D eigenvalue weighted by Gasteiger charge is -2.22. The quantitative estimate of drug-likeness (QED) is 0.575. The van der Waals surface area contributed by atoms with Gasteiger partial charge in [0, 0.05) is 18.5 Å². The number of carbonyl (C=O) groups excluding carboxylic acids is 1. The molecule has 0 N–H and O–H groups in total. The Morgan fingerprint density at radius 3 is 2.36 bits per heavy atom. The van der Waals surface area contributed by atoms with E-state index in [9.17, 15) is 9.90 Å². The summed E-state index contributed by atoms with van der Waals surface area (Å²) in [6.07, 6.45) is 0.508. The molecule has 3 nitrogen and oxygen atoms in total. The molecule has 2 unspecified atom stereocenters. The maximum absolute atomic E-state index is 10.4. The van der Waals surface area contributed by atoms with E-state index >= 15 is 0 Å². The van der Waals surface area contributed by atoms with Crippen LogP contribution in [0.1, 0.15) is 27.2 Å². The molecule has 0 rings (SSSR count). The molecule has 0 amide bonds. The van der Waals surface area contributed by atoms with Crippen molar-refractivity contribution < 1.29 is 14.6 Å². The Morgan fingerprint density at radius 1 is 1.55 bits per heavy atom. The third kappa shape index (κ3) is 3.37. The summed E-state index contributed by atoms with van der Waals surface area (Å²) in [6.45, 7) is 5.92. The second-order valence-electron chi connectivity index (χ2n) is 2.51. The number of hydrogen-bond donors (Lipinski definition) is 0. The van der Waals surface area contributed by atoms with Crippen molar-refractivity contribution in [3.05, 3.63) is 0 Å². The van der Waals surface area contributed by atoms with Crippen LogP contribution in [-0.4, -0.2) is 18.7 Å². The molecule has 0 aliphatic carbocycles. The van der Waals surface area contributed by atoms with Crippen molar-refractivity contribution in [3.63, 3.8) is 0 Å². The molecule has 2 atom stereocenters. The van der Waals surface area contributed by atoms with Gasteiger partial charge in [-0.15, -0.1) is 0 Å². The Kier molecular flexibility index (Phi) is 4.86. The van der Waals surface area contributed by atoms with Crippen LogP contribution in [0.4, 0.5) is 0 Å². The number of rotatable bonds is 5. The summed E-state index contributed by atoms with van der Waals surface area (Å²) in [5.41, 5.74) is 0. The zero-order valence-electron chi connectivity index (χ0n) is 7.29. The minimum atomic E-state index is -1.04. The summed E-state index contributed by atoms with van der Waals surface area (Å²) in [5, 5.41) is 10.4. The van der Waals surface area contributed by atoms with E-state index < -0.39 is 11.9 Å². The van der Waals surface area contributed by atoms with Gasteiger partial charge in [-0.1, -0.05) is 13.8 Å². The van der Waals surface area contributed by atoms with Crippen molar-refractivity contribution in [3.8, 4) is 0 Å². The lowest BCUT2D eigenvalue weighted by atomic mass is 10.0. The van der Waals surface area contributed by atoms with Crippen molar-refractivity contribution in [1.29, 1.82) is 0 Å². The first-order chi connectivity index (χ1) is 5.13. The smallest absolute Gasteiger partial charge is 0.0649 e. The van der Waals surface area contributed by atoms with Gasteiger partial charge in [-0.3, -0.25) is 0 Å². The monoisotopic (exact) mass is 159 g/mol. The lowest BCUT2D eigenvalue weighted by molar-refractivity contribution is -0.314. The molecule has 0 aliphatic heterocycles. The maximum Gasteiger partial charge on any atom is 0.0649 e. The summed E-state index contributed by atoms with van der Waals surface area (Å²) < 4.78 is 5.19. The molecule has 0 aromatic heterocycles. The molecule has 0 radical (unpaired) electrons. The molecule has 66 valence electrons. The molecule has 0 bridgehead atoms. The van der Waals surface area contributed by atoms with Gasteiger partial charge in [0.2, 0.25) is 0 Å². The molecule has 0 saturated heterocycles. The highest BCUT2D eigenvalue weighted by Crippen LogP contribution is 2.09. The second kappa shape index (κ2) is 5.13. The average molecular weight is 159 g/mol. The predicted octanol–water partition coefficient (Wildman–Crippen LogP) is 0.188. The third-order valence-corrected chi connectivity index (χ3v) is 1.71. The van der Waals surface area contributed by atoms with E-state index in [4.69, 9.17) is 4.74 Å². The van der Waals surface area contributed by atoms with E-state index in [1.54, 1.807) is 6.92 Å². The van der Waals surface area contributed by atoms with E-state index in [0.717, 1.165) is 0 Å². The predicted molar refractivity (Wildman–Crippen MR) is 39.9 cm³/mol. The minimum Gasteiger partial charge on any atom is -0.550 e. The van der Waals surface area contributed by atoms with Gasteiger partial charge in [0.25, 0.3) is 0 Å². The first kappa shape index (κ1) is 10.4. The molecule has 0 aromatic rings. The highest BCUT2D eigenvalue weighted by atomic mass is 16.5. The van der Waals surface area contributed by atoms with E-state index in [1.807, 2.05) is 13.8 Å². The highest BCUT2D eigenvalue weighted by Gasteiger charge is 2.15. The minimum absolute atomic E-state index is 0.204. The average Bonchev–Trinajstić information content (AvgIpc) is 1.98. The maximum atomic E-state index is 10.4. The van der Waals surface area contributed by atoms with E-state index in [1.165, 1.54) is 0 Å². The zero-order valence-corrected chi connectivity index (χ0v) is 7.29. The van der Waals surface area contributed by atoms with Crippen molar-refractivity contribution >= 4 is 5.97 Å². The van der Waals surface area contributed by atoms with Crippen LogP contribution in [0.25, 0.3) is 0 Å². The summed E-state index contributed by atoms with van der Waals surface area (Å²) >= 11 is 0. The summed E-state index contributed by atoms with van der Waals surface area (Å²) in [5.74, 6) is -1.55. The molecule has 0 heterocycles. The van der Waals surface area contributed by atoms with Crippen molar-refractivity contribution in [2.24, 2.45) is 5.92 Å². The SMILES string of the molecule is CCOC(CC)C(C)C(=O)[O-]. The topological polar surface area (TPSA) is 49.4 Å². The number of aliphatic carboxylic acids is 1. The van der Waals surface area contributed by atoms with Gasteiger partial charge in [0.05, 0.1) is 6.10 Å². The number of carbonyl (C=O) groups is 1. The molecule has 0 spiro atoms. The van der Waals surface area contributed by atoms with Crippen LogP contribution in [0.3, 0.4) is 0 Å². The Hall–Kier alpha value is -0.570. The second-order valence-corrected chi connectivity index (χ2v) is 2.51. The molecule has 0 aliphatic rings. The number of hydrogen-bond acceptors (Lipinski definition) is 3. The Morgan fingerprint density at radius 2 is 2.09 bits per heavy atom. The Labute approximate surface area is 67.4 Å². The van der Waals surface area contributed by atoms with Crippen molar-refractivity contribution in [2.75, 3.05) is 6.61 Å². The molecular weight excluding hydrogens is 144 g/mol. The van der Waals surface area contributed by atoms with Crippen LogP contribution in [0.5, 0.6) is 0 Å². The van der Waals surface area contributed by atoms with Crippen LogP contribution in [0.2, 0.25) is 0 Å². The normalized spacial score (nSPS) is 15.9. The van der Waals surface area contributed by atoms with E-state index in [-0.39, 0.29) is 6.10 Å². The van der Waals surface area contributed by atoms with Gasteiger partial charge in [0.15, 0.2) is 0 Å². The van der Waals surface area contributed by atoms with Gasteiger partial charge in [-0.25, -0.2) is 0 Å². The lowest BCUT2D eigenvalue weighted by Crippen LogP contribution is -2.37. The molecule has 0 aromatic carbocycles. The van der Waals surface area contributed by atoms with Gasteiger partial charge in [-0.05, 0) is 13.3 Å². The zero-order chi connectivity index (χ0) is 8.85. The van der Waals surface area contributed by atoms with Crippen LogP contribution < -0.4 is 5.11 Å². The van der Waals surface area contributed by atoms with Crippen molar-refractivity contribution in [1.82, 2.24) is 0 Å². The van der Waals surface area contributed by atoms with Crippen LogP contribution in [0, 0.1) is 5.92 Å². The highest BCUT2D eigenvalue weighted by molar-refractivity contribution is 5.67. The van der Waals surface area contributed by atoms with E-state index in [0.29, 0.717) is 13.0 Å². The molecule has 0 saturated carbocycles. The van der Waals surface area contributed by atoms with Gasteiger partial charge in [-0.2, -0.15) is 0 Å². The van der Waals surface area contributed by atoms with E-state index in [2.05, 4.69) is 0 Å². The fourth-order valence-corrected chi connectivity index (χ4v) is 0.982. The fourth-order valence-electron chi connectivity index (χ4n) is 0.982. The molecule has 3 heteroatoms. The largest absolute Gasteiger partial charge is 0.550 e. The van der Waals surface area contributed by atoms with Gasteiger partial charge in [0.1, 0.15) is 0 Å². The standard InChI is InChI=1S/C8H16O3/c1-4-7(11-5-2)6(3)8(9)10/h6-7H,4-5H2,1-3H3,(H,9,10)/p-1. The third-order valence-electron chi connectivity index (χ3n) is 1.71. The fraction of sp³-hybridized carbons (Fsp3) is 0.875. The Bertz CT molecular complexity index is 123. The van der Waals surface area contributed by atoms with Gasteiger partial charge < -0.3 is 14.6 Å². The van der Waals surface area contributed by atoms with Crippen LogP contribution in [0.15, 0.2) is 0 Å². The number of carboxylic acid groups (broad SMARTS) is 1. The number of carboxylic acids is 1. The first-order valence-electron chi connectivity index (χ1n) is 3.95. The van der Waals surface area contributed by atoms with Crippen LogP contribution in [-0.2, 0) is 9.53 Å². The molecule has 11 heavy (non-hydrogen) atoms. The first-order valence-corrected chi connectivity index (χ1v) is 3.95. The van der Waals surface area contributed by atoms with Crippen molar-refractivity contribution in [2.45, 2.75) is 33.3 Å².